The SMILES string of the molecule is C1CCNCC1.NC1CCC(C=O)CC1. The number of hydrogen-bond donors (Lipinski definition) is 2. The van der Waals surface area contributed by atoms with Crippen molar-refractivity contribution in [1.29, 1.82) is 0 Å². The van der Waals surface area contributed by atoms with Crippen molar-refractivity contribution in [2.45, 2.75) is 51.0 Å². The highest BCUT2D eigenvalue weighted by Crippen LogP contribution is 2.20. The summed E-state index contributed by atoms with van der Waals surface area (Å²) >= 11 is 0. The summed E-state index contributed by atoms with van der Waals surface area (Å²) in [6.07, 6.45) is 9.35. The maximum Gasteiger partial charge on any atom is 0.123 e. The molecule has 0 amide bonds. The fourth-order valence-corrected chi connectivity index (χ4v) is 2.08. The predicted octanol–water partition coefficient (Wildman–Crippen LogP) is 1.46. The summed E-state index contributed by atoms with van der Waals surface area (Å²) in [7, 11) is 0. The van der Waals surface area contributed by atoms with E-state index in [0.29, 0.717) is 12.0 Å². The molecule has 0 spiro atoms. The molecule has 1 heterocycles. The fourth-order valence-electron chi connectivity index (χ4n) is 2.08. The van der Waals surface area contributed by atoms with Gasteiger partial charge in [-0.3, -0.25) is 0 Å². The molecule has 1 saturated carbocycles. The van der Waals surface area contributed by atoms with Crippen LogP contribution in [0.4, 0.5) is 0 Å². The molecule has 0 radical (unpaired) electrons. The number of aldehydes is 1. The van der Waals surface area contributed by atoms with E-state index in [4.69, 9.17) is 5.73 Å². The van der Waals surface area contributed by atoms with Crippen molar-refractivity contribution >= 4 is 6.29 Å². The molecule has 88 valence electrons. The van der Waals surface area contributed by atoms with Gasteiger partial charge in [-0.25, -0.2) is 0 Å². The van der Waals surface area contributed by atoms with Crippen LogP contribution in [0.1, 0.15) is 44.9 Å². The molecule has 2 aliphatic rings. The van der Waals surface area contributed by atoms with Crippen LogP contribution in [-0.4, -0.2) is 25.4 Å². The maximum atomic E-state index is 10.2. The molecular formula is C12H24N2O. The molecule has 0 aromatic carbocycles. The Labute approximate surface area is 92.8 Å². The number of rotatable bonds is 1. The molecule has 0 atom stereocenters. The van der Waals surface area contributed by atoms with Crippen molar-refractivity contribution in [1.82, 2.24) is 5.32 Å². The Kier molecular flexibility index (Phi) is 6.60. The molecule has 1 saturated heterocycles. The Morgan fingerprint density at radius 2 is 1.60 bits per heavy atom. The summed E-state index contributed by atoms with van der Waals surface area (Å²) in [6, 6.07) is 0.362. The minimum absolute atomic E-state index is 0.310. The largest absolute Gasteiger partial charge is 0.328 e. The van der Waals surface area contributed by atoms with Gasteiger partial charge >= 0.3 is 0 Å². The fraction of sp³-hybridized carbons (Fsp3) is 0.917. The quantitative estimate of drug-likeness (QED) is 0.647. The molecular weight excluding hydrogens is 188 g/mol. The van der Waals surface area contributed by atoms with E-state index >= 15 is 0 Å². The lowest BCUT2D eigenvalue weighted by Gasteiger charge is -2.21. The molecule has 3 N–H and O–H groups in total. The Morgan fingerprint density at radius 1 is 1.00 bits per heavy atom. The molecule has 2 rings (SSSR count). The summed E-state index contributed by atoms with van der Waals surface area (Å²) in [4.78, 5) is 10.2. The smallest absolute Gasteiger partial charge is 0.123 e. The van der Waals surface area contributed by atoms with E-state index in [1.807, 2.05) is 0 Å². The maximum absolute atomic E-state index is 10.2. The van der Waals surface area contributed by atoms with Gasteiger partial charge in [0.15, 0.2) is 0 Å². The second-order valence-electron chi connectivity index (χ2n) is 4.62. The number of piperidine rings is 1. The van der Waals surface area contributed by atoms with Crippen LogP contribution in [-0.2, 0) is 4.79 Å². The van der Waals surface area contributed by atoms with Gasteiger partial charge in [0.05, 0.1) is 0 Å². The van der Waals surface area contributed by atoms with Crippen molar-refractivity contribution in [3.63, 3.8) is 0 Å². The average Bonchev–Trinajstić information content (AvgIpc) is 2.33. The van der Waals surface area contributed by atoms with Crippen LogP contribution in [0.5, 0.6) is 0 Å². The number of nitrogens with two attached hydrogens (primary N) is 1. The van der Waals surface area contributed by atoms with Gasteiger partial charge < -0.3 is 15.8 Å². The molecule has 2 fully saturated rings. The predicted molar refractivity (Wildman–Crippen MR) is 62.7 cm³/mol. The minimum atomic E-state index is 0.310. The minimum Gasteiger partial charge on any atom is -0.328 e. The first-order valence-electron chi connectivity index (χ1n) is 6.24. The molecule has 0 unspecified atom stereocenters. The van der Waals surface area contributed by atoms with E-state index in [2.05, 4.69) is 5.32 Å². The second kappa shape index (κ2) is 7.83. The van der Waals surface area contributed by atoms with Gasteiger partial charge in [-0.2, -0.15) is 0 Å². The first kappa shape index (κ1) is 12.7. The van der Waals surface area contributed by atoms with Gasteiger partial charge in [0.2, 0.25) is 0 Å². The zero-order valence-corrected chi connectivity index (χ0v) is 9.58. The highest BCUT2D eigenvalue weighted by Gasteiger charge is 2.16. The van der Waals surface area contributed by atoms with Gasteiger partial charge in [-0.15, -0.1) is 0 Å². The molecule has 3 nitrogen and oxygen atoms in total. The lowest BCUT2D eigenvalue weighted by atomic mass is 9.88. The average molecular weight is 212 g/mol. The molecule has 0 bridgehead atoms. The lowest BCUT2D eigenvalue weighted by Crippen LogP contribution is -2.26. The van der Waals surface area contributed by atoms with Crippen molar-refractivity contribution in [2.75, 3.05) is 13.1 Å². The van der Waals surface area contributed by atoms with Crippen LogP contribution >= 0.6 is 0 Å². The summed E-state index contributed by atoms with van der Waals surface area (Å²) in [5.74, 6) is 0.310. The van der Waals surface area contributed by atoms with Gasteiger partial charge in [-0.1, -0.05) is 6.42 Å². The van der Waals surface area contributed by atoms with Crippen LogP contribution in [0.2, 0.25) is 0 Å². The number of nitrogens with one attached hydrogen (secondary N) is 1. The Hall–Kier alpha value is -0.410. The lowest BCUT2D eigenvalue weighted by molar-refractivity contribution is -0.111. The van der Waals surface area contributed by atoms with Gasteiger partial charge in [0.25, 0.3) is 0 Å². The summed E-state index contributed by atoms with van der Waals surface area (Å²) < 4.78 is 0. The first-order chi connectivity index (χ1) is 7.33. The topological polar surface area (TPSA) is 55.1 Å². The second-order valence-corrected chi connectivity index (χ2v) is 4.62. The monoisotopic (exact) mass is 212 g/mol. The standard InChI is InChI=1S/C7H13NO.C5H11N/c8-7-3-1-6(5-9)2-4-7;1-2-4-6-5-3-1/h5-7H,1-4,8H2;6H,1-5H2. The molecule has 0 aromatic rings. The zero-order chi connectivity index (χ0) is 10.9. The molecule has 15 heavy (non-hydrogen) atoms. The number of carbonyl (C=O) groups is 1. The van der Waals surface area contributed by atoms with E-state index in [-0.39, 0.29) is 0 Å². The van der Waals surface area contributed by atoms with Gasteiger partial charge in [0.1, 0.15) is 6.29 Å². The van der Waals surface area contributed by atoms with Crippen molar-refractivity contribution < 1.29 is 4.79 Å². The zero-order valence-electron chi connectivity index (χ0n) is 9.58. The highest BCUT2D eigenvalue weighted by molar-refractivity contribution is 5.53. The summed E-state index contributed by atoms with van der Waals surface area (Å²) in [5, 5.41) is 3.28. The van der Waals surface area contributed by atoms with E-state index < -0.39 is 0 Å². The molecule has 3 heteroatoms. The van der Waals surface area contributed by atoms with E-state index in [9.17, 15) is 4.79 Å². The van der Waals surface area contributed by atoms with Crippen molar-refractivity contribution in [3.05, 3.63) is 0 Å². The Balaban J connectivity index is 0.000000162. The normalized spacial score (nSPS) is 31.3. The molecule has 1 aliphatic carbocycles. The van der Waals surface area contributed by atoms with E-state index in [1.54, 1.807) is 0 Å². The van der Waals surface area contributed by atoms with Gasteiger partial charge in [-0.05, 0) is 51.6 Å². The number of hydrogen-bond acceptors (Lipinski definition) is 3. The third-order valence-corrected chi connectivity index (χ3v) is 3.22. The van der Waals surface area contributed by atoms with Crippen molar-refractivity contribution in [3.8, 4) is 0 Å². The Bertz CT molecular complexity index is 149. The first-order valence-corrected chi connectivity index (χ1v) is 6.24. The Morgan fingerprint density at radius 3 is 1.93 bits per heavy atom. The molecule has 0 aromatic heterocycles. The summed E-state index contributed by atoms with van der Waals surface area (Å²) in [6.45, 7) is 2.50. The van der Waals surface area contributed by atoms with Crippen LogP contribution in [0.15, 0.2) is 0 Å². The summed E-state index contributed by atoms with van der Waals surface area (Å²) in [5.41, 5.74) is 5.64. The van der Waals surface area contributed by atoms with Crippen LogP contribution in [0.3, 0.4) is 0 Å². The van der Waals surface area contributed by atoms with Gasteiger partial charge in [0, 0.05) is 12.0 Å². The van der Waals surface area contributed by atoms with E-state index in [1.165, 1.54) is 32.4 Å². The third kappa shape index (κ3) is 5.90. The number of carbonyl (C=O) groups excluding carboxylic acids is 1. The molecule has 1 aliphatic heterocycles. The van der Waals surface area contributed by atoms with Crippen LogP contribution in [0, 0.1) is 5.92 Å². The van der Waals surface area contributed by atoms with Crippen molar-refractivity contribution in [2.24, 2.45) is 11.7 Å². The highest BCUT2D eigenvalue weighted by atomic mass is 16.1. The van der Waals surface area contributed by atoms with Crippen LogP contribution < -0.4 is 11.1 Å². The van der Waals surface area contributed by atoms with E-state index in [0.717, 1.165) is 32.0 Å². The third-order valence-electron chi connectivity index (χ3n) is 3.22. The van der Waals surface area contributed by atoms with Crippen LogP contribution in [0.25, 0.3) is 0 Å².